The van der Waals surface area contributed by atoms with E-state index in [0.717, 1.165) is 37.7 Å². The molecule has 2 aromatic carbocycles. The Morgan fingerprint density at radius 3 is 2.45 bits per heavy atom. The Morgan fingerprint density at radius 2 is 1.77 bits per heavy atom. The van der Waals surface area contributed by atoms with Crippen LogP contribution in [0.2, 0.25) is 0 Å². The van der Waals surface area contributed by atoms with Crippen LogP contribution in [0, 0.1) is 16.0 Å². The molecule has 1 amide bonds. The minimum absolute atomic E-state index is 0.0147. The summed E-state index contributed by atoms with van der Waals surface area (Å²) >= 11 is 0. The number of carbonyl (C=O) groups excluding carboxylic acids is 1. The standard InChI is InChI=1S/C30H31N5O5/c36-27(37)18-25(21-9-5-2-6-10-21)32-30(38)23-15-16-34-26(17-23)33-28(22-11-13-24(14-12-22)35(39)40)29(34)31-19-20-7-3-1-4-8-20/h1,3-4,7-8,11-17,21,25,31H,2,5-6,9-10,18-19H2,(H,32,38)(H,36,37). The highest BCUT2D eigenvalue weighted by atomic mass is 16.6. The number of aromatic nitrogens is 2. The number of nitro groups is 1. The molecule has 1 saturated carbocycles. The number of benzene rings is 2. The first kappa shape index (κ1) is 26.9. The zero-order chi connectivity index (χ0) is 28.1. The Balaban J connectivity index is 1.46. The number of hydrogen-bond acceptors (Lipinski definition) is 6. The lowest BCUT2D eigenvalue weighted by molar-refractivity contribution is -0.384. The minimum atomic E-state index is -0.929. The first-order chi connectivity index (χ1) is 19.4. The number of nitrogens with zero attached hydrogens (tertiary/aromatic N) is 3. The van der Waals surface area contributed by atoms with E-state index in [1.54, 1.807) is 30.5 Å². The van der Waals surface area contributed by atoms with Crippen LogP contribution in [0.3, 0.4) is 0 Å². The van der Waals surface area contributed by atoms with Crippen molar-refractivity contribution in [2.45, 2.75) is 51.1 Å². The summed E-state index contributed by atoms with van der Waals surface area (Å²) in [6.45, 7) is 0.523. The summed E-state index contributed by atoms with van der Waals surface area (Å²) in [6.07, 6.45) is 6.69. The van der Waals surface area contributed by atoms with Crippen molar-refractivity contribution in [1.82, 2.24) is 14.7 Å². The van der Waals surface area contributed by atoms with Crippen LogP contribution in [0.15, 0.2) is 72.9 Å². The minimum Gasteiger partial charge on any atom is -0.481 e. The molecule has 1 aliphatic carbocycles. The Morgan fingerprint density at radius 1 is 1.05 bits per heavy atom. The quantitative estimate of drug-likeness (QED) is 0.173. The molecule has 2 aromatic heterocycles. The van der Waals surface area contributed by atoms with Crippen LogP contribution in [0.5, 0.6) is 0 Å². The largest absolute Gasteiger partial charge is 0.481 e. The molecule has 0 bridgehead atoms. The first-order valence-corrected chi connectivity index (χ1v) is 13.5. The van der Waals surface area contributed by atoms with E-state index < -0.39 is 16.9 Å². The smallest absolute Gasteiger partial charge is 0.305 e. The summed E-state index contributed by atoms with van der Waals surface area (Å²) < 4.78 is 1.84. The molecule has 5 rings (SSSR count). The Hall–Kier alpha value is -4.73. The van der Waals surface area contributed by atoms with Gasteiger partial charge in [-0.15, -0.1) is 0 Å². The van der Waals surface area contributed by atoms with Gasteiger partial charge in [-0.3, -0.25) is 24.1 Å². The SMILES string of the molecule is O=C(O)CC(NC(=O)c1ccn2c(NCc3ccccc3)c(-c3ccc([N+](=O)[O-])cc3)nc2c1)C1CCCCC1. The van der Waals surface area contributed by atoms with Gasteiger partial charge in [-0.05, 0) is 48.6 Å². The van der Waals surface area contributed by atoms with Gasteiger partial charge in [0.1, 0.15) is 17.2 Å². The molecule has 1 unspecified atom stereocenters. The van der Waals surface area contributed by atoms with Crippen molar-refractivity contribution < 1.29 is 19.6 Å². The van der Waals surface area contributed by atoms with Crippen molar-refractivity contribution >= 4 is 29.0 Å². The van der Waals surface area contributed by atoms with Crippen molar-refractivity contribution in [2.24, 2.45) is 5.92 Å². The summed E-state index contributed by atoms with van der Waals surface area (Å²) in [6, 6.07) is 19.0. The summed E-state index contributed by atoms with van der Waals surface area (Å²) in [5, 5.41) is 27.0. The molecule has 4 aromatic rings. The van der Waals surface area contributed by atoms with Crippen molar-refractivity contribution in [3.63, 3.8) is 0 Å². The lowest BCUT2D eigenvalue weighted by Crippen LogP contribution is -2.42. The molecule has 10 nitrogen and oxygen atoms in total. The topological polar surface area (TPSA) is 139 Å². The summed E-state index contributed by atoms with van der Waals surface area (Å²) in [7, 11) is 0. The number of fused-ring (bicyclic) bond motifs is 1. The number of hydrogen-bond donors (Lipinski definition) is 3. The summed E-state index contributed by atoms with van der Waals surface area (Å²) in [4.78, 5) is 40.3. The van der Waals surface area contributed by atoms with Crippen LogP contribution in [-0.2, 0) is 11.3 Å². The molecule has 0 aliphatic heterocycles. The molecule has 0 radical (unpaired) electrons. The zero-order valence-electron chi connectivity index (χ0n) is 22.0. The Kier molecular flexibility index (Phi) is 8.04. The van der Waals surface area contributed by atoms with Gasteiger partial charge < -0.3 is 15.7 Å². The molecule has 40 heavy (non-hydrogen) atoms. The number of carboxylic acids is 1. The van der Waals surface area contributed by atoms with Crippen LogP contribution in [-0.4, -0.2) is 37.3 Å². The molecule has 0 spiro atoms. The predicted molar refractivity (Wildman–Crippen MR) is 151 cm³/mol. The number of carbonyl (C=O) groups is 2. The number of rotatable bonds is 10. The van der Waals surface area contributed by atoms with Crippen LogP contribution in [0.4, 0.5) is 11.5 Å². The molecule has 1 aliphatic rings. The third-order valence-electron chi connectivity index (χ3n) is 7.47. The number of anilines is 1. The third kappa shape index (κ3) is 6.12. The van der Waals surface area contributed by atoms with E-state index in [2.05, 4.69) is 10.6 Å². The first-order valence-electron chi connectivity index (χ1n) is 13.5. The number of pyridine rings is 1. The third-order valence-corrected chi connectivity index (χ3v) is 7.47. The van der Waals surface area contributed by atoms with Crippen molar-refractivity contribution in [2.75, 3.05) is 5.32 Å². The zero-order valence-corrected chi connectivity index (χ0v) is 22.0. The number of amides is 1. The fourth-order valence-corrected chi connectivity index (χ4v) is 5.39. The van der Waals surface area contributed by atoms with E-state index in [-0.39, 0.29) is 23.9 Å². The van der Waals surface area contributed by atoms with E-state index in [0.29, 0.717) is 34.8 Å². The van der Waals surface area contributed by atoms with Gasteiger partial charge in [0.25, 0.3) is 11.6 Å². The lowest BCUT2D eigenvalue weighted by atomic mass is 9.82. The van der Waals surface area contributed by atoms with Crippen LogP contribution in [0.1, 0.15) is 54.4 Å². The average Bonchev–Trinajstić information content (AvgIpc) is 3.34. The van der Waals surface area contributed by atoms with E-state index in [9.17, 15) is 24.8 Å². The molecule has 2 heterocycles. The fraction of sp³-hybridized carbons (Fsp3) is 0.300. The highest BCUT2D eigenvalue weighted by molar-refractivity contribution is 5.96. The molecule has 1 fully saturated rings. The second-order valence-electron chi connectivity index (χ2n) is 10.2. The van der Waals surface area contributed by atoms with Gasteiger partial charge in [0.2, 0.25) is 0 Å². The highest BCUT2D eigenvalue weighted by Crippen LogP contribution is 2.31. The molecule has 1 atom stereocenters. The maximum absolute atomic E-state index is 13.3. The van der Waals surface area contributed by atoms with E-state index in [1.165, 1.54) is 12.1 Å². The number of non-ortho nitro benzene ring substituents is 1. The molecule has 0 saturated heterocycles. The molecule has 10 heteroatoms. The normalized spacial score (nSPS) is 14.5. The number of imidazole rings is 1. The highest BCUT2D eigenvalue weighted by Gasteiger charge is 2.28. The van der Waals surface area contributed by atoms with E-state index >= 15 is 0 Å². The van der Waals surface area contributed by atoms with Gasteiger partial charge in [0, 0.05) is 42.0 Å². The Labute approximate surface area is 231 Å². The molecular formula is C30H31N5O5. The number of carboxylic acid groups (broad SMARTS) is 1. The lowest BCUT2D eigenvalue weighted by Gasteiger charge is -2.30. The van der Waals surface area contributed by atoms with Gasteiger partial charge >= 0.3 is 5.97 Å². The molecule has 206 valence electrons. The van der Waals surface area contributed by atoms with Gasteiger partial charge in [-0.2, -0.15) is 0 Å². The van der Waals surface area contributed by atoms with E-state index in [1.807, 2.05) is 34.7 Å². The fourth-order valence-electron chi connectivity index (χ4n) is 5.39. The monoisotopic (exact) mass is 541 g/mol. The maximum atomic E-state index is 13.3. The second-order valence-corrected chi connectivity index (χ2v) is 10.2. The van der Waals surface area contributed by atoms with Crippen molar-refractivity contribution in [1.29, 1.82) is 0 Å². The Bertz CT molecular complexity index is 1510. The number of nitrogens with one attached hydrogen (secondary N) is 2. The van der Waals surface area contributed by atoms with E-state index in [4.69, 9.17) is 4.98 Å². The van der Waals surface area contributed by atoms with Gasteiger partial charge in [0.15, 0.2) is 0 Å². The van der Waals surface area contributed by atoms with Crippen molar-refractivity contribution in [3.8, 4) is 11.3 Å². The van der Waals surface area contributed by atoms with Gasteiger partial charge in [0.05, 0.1) is 11.3 Å². The van der Waals surface area contributed by atoms with Gasteiger partial charge in [-0.25, -0.2) is 4.98 Å². The van der Waals surface area contributed by atoms with Crippen molar-refractivity contribution in [3.05, 3.63) is 94.2 Å². The predicted octanol–water partition coefficient (Wildman–Crippen LogP) is 5.68. The average molecular weight is 542 g/mol. The van der Waals surface area contributed by atoms with Crippen LogP contribution < -0.4 is 10.6 Å². The second kappa shape index (κ2) is 12.0. The molecule has 3 N–H and O–H groups in total. The molecular weight excluding hydrogens is 510 g/mol. The number of aliphatic carboxylic acids is 1. The number of nitro benzene ring substituents is 1. The van der Waals surface area contributed by atoms with Crippen LogP contribution >= 0.6 is 0 Å². The summed E-state index contributed by atoms with van der Waals surface area (Å²) in [5.41, 5.74) is 3.23. The van der Waals surface area contributed by atoms with Crippen LogP contribution in [0.25, 0.3) is 16.9 Å². The maximum Gasteiger partial charge on any atom is 0.305 e. The van der Waals surface area contributed by atoms with Gasteiger partial charge in [-0.1, -0.05) is 49.6 Å². The summed E-state index contributed by atoms with van der Waals surface area (Å²) in [5.74, 6) is -0.434.